The molecule has 0 aliphatic heterocycles. The number of nitrogens with one attached hydrogen (secondary N) is 1. The van der Waals surface area contributed by atoms with Gasteiger partial charge in [-0.25, -0.2) is 9.98 Å². The van der Waals surface area contributed by atoms with Crippen molar-refractivity contribution < 1.29 is 4.74 Å². The summed E-state index contributed by atoms with van der Waals surface area (Å²) in [6, 6.07) is 13.4. The fraction of sp³-hybridized carbons (Fsp3) is 0.250. The molecule has 1 aromatic carbocycles. The third kappa shape index (κ3) is 4.12. The van der Waals surface area contributed by atoms with E-state index in [0.29, 0.717) is 18.3 Å². The summed E-state index contributed by atoms with van der Waals surface area (Å²) in [7, 11) is 5.52. The second kappa shape index (κ2) is 7.31. The van der Waals surface area contributed by atoms with E-state index in [2.05, 4.69) is 15.3 Å². The van der Waals surface area contributed by atoms with Crippen LogP contribution in [0.3, 0.4) is 0 Å². The molecule has 1 heterocycles. The van der Waals surface area contributed by atoms with Crippen molar-refractivity contribution in [2.24, 2.45) is 10.7 Å². The molecule has 1 aromatic heterocycles. The minimum Gasteiger partial charge on any atom is -0.495 e. The number of hydrogen-bond acceptors (Lipinski definition) is 4. The van der Waals surface area contributed by atoms with Crippen LogP contribution in [0.2, 0.25) is 0 Å². The number of aliphatic imine (C=N–C) groups is 1. The van der Waals surface area contributed by atoms with E-state index >= 15 is 0 Å². The molecule has 0 aliphatic carbocycles. The Morgan fingerprint density at radius 2 is 2.00 bits per heavy atom. The van der Waals surface area contributed by atoms with Crippen LogP contribution in [0.5, 0.6) is 5.75 Å². The van der Waals surface area contributed by atoms with Gasteiger partial charge in [-0.1, -0.05) is 18.2 Å². The molecule has 0 saturated carbocycles. The van der Waals surface area contributed by atoms with Gasteiger partial charge < -0.3 is 20.7 Å². The van der Waals surface area contributed by atoms with E-state index in [0.717, 1.165) is 17.2 Å². The number of benzene rings is 1. The van der Waals surface area contributed by atoms with Crippen molar-refractivity contribution in [1.82, 2.24) is 4.98 Å². The highest BCUT2D eigenvalue weighted by Gasteiger charge is 2.03. The summed E-state index contributed by atoms with van der Waals surface area (Å²) >= 11 is 0. The number of aromatic nitrogens is 1. The lowest BCUT2D eigenvalue weighted by molar-refractivity contribution is 0.417. The molecule has 6 heteroatoms. The Labute approximate surface area is 130 Å². The Morgan fingerprint density at radius 3 is 2.73 bits per heavy atom. The molecule has 116 valence electrons. The third-order valence-corrected chi connectivity index (χ3v) is 3.03. The van der Waals surface area contributed by atoms with Gasteiger partial charge in [-0.05, 0) is 24.3 Å². The van der Waals surface area contributed by atoms with Gasteiger partial charge in [0.2, 0.25) is 0 Å². The molecule has 0 amide bonds. The Balaban J connectivity index is 2.05. The van der Waals surface area contributed by atoms with E-state index < -0.39 is 0 Å². The predicted octanol–water partition coefficient (Wildman–Crippen LogP) is 2.08. The summed E-state index contributed by atoms with van der Waals surface area (Å²) in [4.78, 5) is 10.8. The molecule has 0 spiro atoms. The number of rotatable bonds is 5. The van der Waals surface area contributed by atoms with E-state index in [1.54, 1.807) is 7.11 Å². The van der Waals surface area contributed by atoms with Gasteiger partial charge >= 0.3 is 0 Å². The van der Waals surface area contributed by atoms with Gasteiger partial charge in [0.25, 0.3) is 0 Å². The van der Waals surface area contributed by atoms with Crippen molar-refractivity contribution in [2.45, 2.75) is 6.54 Å². The van der Waals surface area contributed by atoms with Crippen LogP contribution < -0.4 is 20.7 Å². The van der Waals surface area contributed by atoms with Gasteiger partial charge in [-0.15, -0.1) is 0 Å². The first-order valence-corrected chi connectivity index (χ1v) is 6.93. The molecule has 0 unspecified atom stereocenters. The van der Waals surface area contributed by atoms with Crippen molar-refractivity contribution in [3.63, 3.8) is 0 Å². The van der Waals surface area contributed by atoms with Gasteiger partial charge in [-0.2, -0.15) is 0 Å². The second-order valence-corrected chi connectivity index (χ2v) is 4.91. The topological polar surface area (TPSA) is 75.8 Å². The van der Waals surface area contributed by atoms with Crippen molar-refractivity contribution in [3.8, 4) is 5.75 Å². The van der Waals surface area contributed by atoms with Gasteiger partial charge in [-0.3, -0.25) is 0 Å². The van der Waals surface area contributed by atoms with E-state index in [4.69, 9.17) is 10.5 Å². The summed E-state index contributed by atoms with van der Waals surface area (Å²) in [6.07, 6.45) is 0. The third-order valence-electron chi connectivity index (χ3n) is 3.03. The van der Waals surface area contributed by atoms with Gasteiger partial charge in [0.15, 0.2) is 5.96 Å². The number of nitrogens with zero attached hydrogens (tertiary/aromatic N) is 3. The van der Waals surface area contributed by atoms with Crippen LogP contribution in [-0.2, 0) is 6.54 Å². The fourth-order valence-corrected chi connectivity index (χ4v) is 1.90. The van der Waals surface area contributed by atoms with Crippen LogP contribution in [-0.4, -0.2) is 32.1 Å². The molecular weight excluding hydrogens is 278 g/mol. The summed E-state index contributed by atoms with van der Waals surface area (Å²) in [5.41, 5.74) is 7.56. The number of para-hydroxylation sites is 2. The molecule has 22 heavy (non-hydrogen) atoms. The molecule has 6 nitrogen and oxygen atoms in total. The SMILES string of the molecule is COc1ccccc1NC(N)=NCc1cccc(N(C)C)n1. The quantitative estimate of drug-likeness (QED) is 0.653. The summed E-state index contributed by atoms with van der Waals surface area (Å²) < 4.78 is 5.26. The smallest absolute Gasteiger partial charge is 0.193 e. The Kier molecular flexibility index (Phi) is 5.19. The van der Waals surface area contributed by atoms with Crippen molar-refractivity contribution in [3.05, 3.63) is 48.2 Å². The first kappa shape index (κ1) is 15.6. The zero-order valence-electron chi connectivity index (χ0n) is 13.1. The molecule has 2 aromatic rings. The van der Waals surface area contributed by atoms with E-state index in [1.165, 1.54) is 0 Å². The fourth-order valence-electron chi connectivity index (χ4n) is 1.90. The normalized spacial score (nSPS) is 11.1. The standard InChI is InChI=1S/C16H21N5O/c1-21(2)15-10-6-7-12(19-15)11-18-16(17)20-13-8-4-5-9-14(13)22-3/h4-10H,11H2,1-3H3,(H3,17,18,20). The number of hydrogen-bond donors (Lipinski definition) is 2. The molecule has 0 fully saturated rings. The minimum atomic E-state index is 0.321. The maximum absolute atomic E-state index is 5.92. The van der Waals surface area contributed by atoms with E-state index in [-0.39, 0.29) is 0 Å². The lowest BCUT2D eigenvalue weighted by Gasteiger charge is -2.12. The highest BCUT2D eigenvalue weighted by molar-refractivity contribution is 5.93. The highest BCUT2D eigenvalue weighted by Crippen LogP contribution is 2.22. The maximum atomic E-state index is 5.92. The first-order valence-electron chi connectivity index (χ1n) is 6.93. The van der Waals surface area contributed by atoms with Gasteiger partial charge in [0.1, 0.15) is 11.6 Å². The number of methoxy groups -OCH3 is 1. The predicted molar refractivity (Wildman–Crippen MR) is 90.5 cm³/mol. The highest BCUT2D eigenvalue weighted by atomic mass is 16.5. The number of guanidine groups is 1. The molecule has 2 rings (SSSR count). The molecular formula is C16H21N5O. The molecule has 0 saturated heterocycles. The lowest BCUT2D eigenvalue weighted by atomic mass is 10.3. The van der Waals surface area contributed by atoms with Crippen LogP contribution in [0.1, 0.15) is 5.69 Å². The summed E-state index contributed by atoms with van der Waals surface area (Å²) in [5, 5.41) is 3.03. The van der Waals surface area contributed by atoms with Crippen molar-refractivity contribution in [1.29, 1.82) is 0 Å². The summed E-state index contributed by atoms with van der Waals surface area (Å²) in [5.74, 6) is 1.93. The van der Waals surface area contributed by atoms with Gasteiger partial charge in [0, 0.05) is 14.1 Å². The van der Waals surface area contributed by atoms with Crippen LogP contribution in [0.4, 0.5) is 11.5 Å². The Bertz CT molecular complexity index is 654. The van der Waals surface area contributed by atoms with Gasteiger partial charge in [0.05, 0.1) is 25.0 Å². The van der Waals surface area contributed by atoms with Crippen LogP contribution >= 0.6 is 0 Å². The number of ether oxygens (including phenoxy) is 1. The second-order valence-electron chi connectivity index (χ2n) is 4.91. The zero-order chi connectivity index (χ0) is 15.9. The van der Waals surface area contributed by atoms with Crippen LogP contribution in [0.25, 0.3) is 0 Å². The number of pyridine rings is 1. The molecule has 0 radical (unpaired) electrons. The molecule has 0 bridgehead atoms. The number of anilines is 2. The van der Waals surface area contributed by atoms with E-state index in [9.17, 15) is 0 Å². The van der Waals surface area contributed by atoms with E-state index in [1.807, 2.05) is 61.5 Å². The minimum absolute atomic E-state index is 0.321. The molecule has 0 aliphatic rings. The Hall–Kier alpha value is -2.76. The van der Waals surface area contributed by atoms with Crippen LogP contribution in [0, 0.1) is 0 Å². The molecule has 3 N–H and O–H groups in total. The maximum Gasteiger partial charge on any atom is 0.193 e. The van der Waals surface area contributed by atoms with Crippen LogP contribution in [0.15, 0.2) is 47.5 Å². The monoisotopic (exact) mass is 299 g/mol. The average Bonchev–Trinajstić information content (AvgIpc) is 2.53. The Morgan fingerprint density at radius 1 is 1.23 bits per heavy atom. The van der Waals surface area contributed by atoms with Crippen molar-refractivity contribution in [2.75, 3.05) is 31.4 Å². The molecule has 0 atom stereocenters. The first-order chi connectivity index (χ1) is 10.6. The summed E-state index contributed by atoms with van der Waals surface area (Å²) in [6.45, 7) is 0.412. The number of nitrogens with two attached hydrogens (primary N) is 1. The average molecular weight is 299 g/mol. The lowest BCUT2D eigenvalue weighted by Crippen LogP contribution is -2.23. The largest absolute Gasteiger partial charge is 0.495 e. The van der Waals surface area contributed by atoms with Crippen molar-refractivity contribution >= 4 is 17.5 Å². The zero-order valence-corrected chi connectivity index (χ0v) is 13.1.